The van der Waals surface area contributed by atoms with Gasteiger partial charge < -0.3 is 4.74 Å². The molecule has 1 unspecified atom stereocenters. The van der Waals surface area contributed by atoms with E-state index < -0.39 is 21.4 Å². The van der Waals surface area contributed by atoms with Gasteiger partial charge in [0.15, 0.2) is 0 Å². The summed E-state index contributed by atoms with van der Waals surface area (Å²) in [5, 5.41) is 0. The summed E-state index contributed by atoms with van der Waals surface area (Å²) in [6, 6.07) is 4.75. The molecule has 94 valence electrons. The van der Waals surface area contributed by atoms with Crippen molar-refractivity contribution < 1.29 is 17.5 Å². The molecule has 6 heteroatoms. The molecule has 1 aliphatic heterocycles. The highest BCUT2D eigenvalue weighted by molar-refractivity contribution is 7.89. The Bertz CT molecular complexity index is 492. The first kappa shape index (κ1) is 12.5. The van der Waals surface area contributed by atoms with E-state index in [0.29, 0.717) is 19.6 Å². The Kier molecular flexibility index (Phi) is 3.20. The van der Waals surface area contributed by atoms with Crippen LogP contribution in [0.5, 0.6) is 0 Å². The molecule has 4 nitrogen and oxygen atoms in total. The Morgan fingerprint density at radius 2 is 2.00 bits per heavy atom. The van der Waals surface area contributed by atoms with Gasteiger partial charge in [-0.2, -0.15) is 0 Å². The first-order chi connectivity index (χ1) is 7.91. The monoisotopic (exact) mass is 259 g/mol. The second-order valence-electron chi connectivity index (χ2n) is 4.42. The number of benzene rings is 1. The highest BCUT2D eigenvalue weighted by Crippen LogP contribution is 2.21. The predicted molar refractivity (Wildman–Crippen MR) is 60.6 cm³/mol. The van der Waals surface area contributed by atoms with Crippen LogP contribution in [0.4, 0.5) is 4.39 Å². The molecule has 1 N–H and O–H groups in total. The highest BCUT2D eigenvalue weighted by Gasteiger charge is 2.34. The van der Waals surface area contributed by atoms with Crippen molar-refractivity contribution in [2.24, 2.45) is 0 Å². The van der Waals surface area contributed by atoms with Crippen LogP contribution in [0.2, 0.25) is 0 Å². The van der Waals surface area contributed by atoms with Crippen molar-refractivity contribution in [2.45, 2.75) is 23.8 Å². The lowest BCUT2D eigenvalue weighted by atomic mass is 10.0. The van der Waals surface area contributed by atoms with Gasteiger partial charge in [0.1, 0.15) is 5.82 Å². The maximum Gasteiger partial charge on any atom is 0.241 e. The van der Waals surface area contributed by atoms with Gasteiger partial charge in [0, 0.05) is 6.61 Å². The fourth-order valence-electron chi connectivity index (χ4n) is 1.74. The molecule has 17 heavy (non-hydrogen) atoms. The molecule has 0 spiro atoms. The van der Waals surface area contributed by atoms with Gasteiger partial charge in [-0.1, -0.05) is 0 Å². The fraction of sp³-hybridized carbons (Fsp3) is 0.455. The average Bonchev–Trinajstić information content (AvgIpc) is 2.64. The van der Waals surface area contributed by atoms with Crippen molar-refractivity contribution in [3.05, 3.63) is 30.1 Å². The quantitative estimate of drug-likeness (QED) is 0.889. The lowest BCUT2D eigenvalue weighted by Gasteiger charge is -2.23. The van der Waals surface area contributed by atoms with Gasteiger partial charge in [0.05, 0.1) is 17.0 Å². The molecule has 0 saturated carbocycles. The number of hydrogen-bond acceptors (Lipinski definition) is 3. The molecular weight excluding hydrogens is 245 g/mol. The maximum atomic E-state index is 12.7. The van der Waals surface area contributed by atoms with Crippen LogP contribution in [0.1, 0.15) is 13.3 Å². The zero-order valence-electron chi connectivity index (χ0n) is 9.44. The van der Waals surface area contributed by atoms with Crippen molar-refractivity contribution in [1.82, 2.24) is 4.72 Å². The maximum absolute atomic E-state index is 12.7. The minimum absolute atomic E-state index is 0.0621. The number of hydrogen-bond donors (Lipinski definition) is 1. The zero-order chi connectivity index (χ0) is 12.5. The Labute approximate surface area is 99.8 Å². The molecule has 0 bridgehead atoms. The van der Waals surface area contributed by atoms with E-state index >= 15 is 0 Å². The number of nitrogens with one attached hydrogen (secondary N) is 1. The lowest BCUT2D eigenvalue weighted by molar-refractivity contribution is 0.178. The summed E-state index contributed by atoms with van der Waals surface area (Å²) in [4.78, 5) is 0.0621. The fourth-order valence-corrected chi connectivity index (χ4v) is 3.17. The van der Waals surface area contributed by atoms with E-state index in [1.807, 2.05) is 0 Å². The first-order valence-electron chi connectivity index (χ1n) is 5.29. The molecule has 2 rings (SSSR count). The van der Waals surface area contributed by atoms with Gasteiger partial charge in [0.25, 0.3) is 0 Å². The molecule has 0 radical (unpaired) electrons. The van der Waals surface area contributed by atoms with Gasteiger partial charge in [-0.3, -0.25) is 0 Å². The number of halogens is 1. The van der Waals surface area contributed by atoms with Crippen LogP contribution in [-0.2, 0) is 14.8 Å². The molecular formula is C11H14FNO3S. The van der Waals surface area contributed by atoms with E-state index in [9.17, 15) is 12.8 Å². The minimum Gasteiger partial charge on any atom is -0.379 e. The first-order valence-corrected chi connectivity index (χ1v) is 6.77. The normalized spacial score (nSPS) is 25.1. The summed E-state index contributed by atoms with van der Waals surface area (Å²) in [6.07, 6.45) is 0.632. The van der Waals surface area contributed by atoms with E-state index in [1.165, 1.54) is 12.1 Å². The third kappa shape index (κ3) is 2.83. The Morgan fingerprint density at radius 1 is 1.35 bits per heavy atom. The van der Waals surface area contributed by atoms with Crippen LogP contribution in [0.3, 0.4) is 0 Å². The molecule has 1 aromatic carbocycles. The third-order valence-electron chi connectivity index (χ3n) is 2.72. The largest absolute Gasteiger partial charge is 0.379 e. The molecule has 1 atom stereocenters. The molecule has 0 amide bonds. The predicted octanol–water partition coefficient (Wildman–Crippen LogP) is 1.28. The summed E-state index contributed by atoms with van der Waals surface area (Å²) >= 11 is 0. The molecule has 1 fully saturated rings. The lowest BCUT2D eigenvalue weighted by Crippen LogP contribution is -2.46. The second-order valence-corrected chi connectivity index (χ2v) is 6.11. The van der Waals surface area contributed by atoms with Crippen molar-refractivity contribution in [3.8, 4) is 0 Å². The number of sulfonamides is 1. The molecule has 1 aliphatic rings. The van der Waals surface area contributed by atoms with Gasteiger partial charge in [-0.25, -0.2) is 17.5 Å². The van der Waals surface area contributed by atoms with Gasteiger partial charge in [-0.15, -0.1) is 0 Å². The van der Waals surface area contributed by atoms with E-state index in [-0.39, 0.29) is 4.90 Å². The van der Waals surface area contributed by atoms with Crippen LogP contribution in [-0.4, -0.2) is 27.2 Å². The molecule has 1 aromatic rings. The van der Waals surface area contributed by atoms with E-state index in [0.717, 1.165) is 12.1 Å². The second kappa shape index (κ2) is 4.36. The summed E-state index contributed by atoms with van der Waals surface area (Å²) in [7, 11) is -3.62. The SMILES string of the molecule is CC1(NS(=O)(=O)c2ccc(F)cc2)CCOC1. The highest BCUT2D eigenvalue weighted by atomic mass is 32.2. The van der Waals surface area contributed by atoms with Gasteiger partial charge in [0.2, 0.25) is 10.0 Å². The summed E-state index contributed by atoms with van der Waals surface area (Å²) < 4.78 is 44.5. The standard InChI is InChI=1S/C11H14FNO3S/c1-11(6-7-16-8-11)13-17(14,15)10-4-2-9(12)3-5-10/h2-5,13H,6-8H2,1H3. The van der Waals surface area contributed by atoms with E-state index in [1.54, 1.807) is 6.92 Å². The molecule has 1 saturated heterocycles. The number of rotatable bonds is 3. The number of ether oxygens (including phenoxy) is 1. The minimum atomic E-state index is -3.62. The molecule has 0 aromatic heterocycles. The topological polar surface area (TPSA) is 55.4 Å². The Balaban J connectivity index is 2.22. The van der Waals surface area contributed by atoms with Crippen LogP contribution in [0.15, 0.2) is 29.2 Å². The van der Waals surface area contributed by atoms with Gasteiger partial charge in [-0.05, 0) is 37.6 Å². The van der Waals surface area contributed by atoms with Crippen molar-refractivity contribution in [1.29, 1.82) is 0 Å². The molecule has 0 aliphatic carbocycles. The Hall–Kier alpha value is -0.980. The summed E-state index contributed by atoms with van der Waals surface area (Å²) in [5.41, 5.74) is -0.576. The summed E-state index contributed by atoms with van der Waals surface area (Å²) in [6.45, 7) is 2.69. The zero-order valence-corrected chi connectivity index (χ0v) is 10.3. The van der Waals surface area contributed by atoms with Crippen LogP contribution in [0, 0.1) is 5.82 Å². The summed E-state index contributed by atoms with van der Waals surface area (Å²) in [5.74, 6) is -0.459. The van der Waals surface area contributed by atoms with Crippen LogP contribution < -0.4 is 4.72 Å². The van der Waals surface area contributed by atoms with Crippen molar-refractivity contribution in [3.63, 3.8) is 0 Å². The van der Waals surface area contributed by atoms with Crippen molar-refractivity contribution >= 4 is 10.0 Å². The Morgan fingerprint density at radius 3 is 2.53 bits per heavy atom. The molecule has 1 heterocycles. The van der Waals surface area contributed by atoms with E-state index in [2.05, 4.69) is 4.72 Å². The van der Waals surface area contributed by atoms with Crippen LogP contribution >= 0.6 is 0 Å². The van der Waals surface area contributed by atoms with E-state index in [4.69, 9.17) is 4.74 Å². The van der Waals surface area contributed by atoms with Gasteiger partial charge >= 0.3 is 0 Å². The van der Waals surface area contributed by atoms with Crippen LogP contribution in [0.25, 0.3) is 0 Å². The smallest absolute Gasteiger partial charge is 0.241 e. The average molecular weight is 259 g/mol. The van der Waals surface area contributed by atoms with Crippen molar-refractivity contribution in [2.75, 3.05) is 13.2 Å². The third-order valence-corrected chi connectivity index (χ3v) is 4.38.